The quantitative estimate of drug-likeness (QED) is 0.525. The molecule has 38 heavy (non-hydrogen) atoms. The lowest BCUT2D eigenvalue weighted by Gasteiger charge is -2.37. The minimum Gasteiger partial charge on any atom is -0.368 e. The molecule has 3 aromatic rings. The highest BCUT2D eigenvalue weighted by Crippen LogP contribution is 2.29. The number of carbonyl (C=O) groups is 2. The highest BCUT2D eigenvalue weighted by atomic mass is 19.1. The molecule has 3 saturated heterocycles. The Morgan fingerprint density at radius 3 is 2.16 bits per heavy atom. The number of carbonyl (C=O) groups excluding carboxylic acids is 2. The zero-order valence-electron chi connectivity index (χ0n) is 21.3. The summed E-state index contributed by atoms with van der Waals surface area (Å²) in [7, 11) is 0. The molecule has 3 aliphatic heterocycles. The van der Waals surface area contributed by atoms with Crippen molar-refractivity contribution in [3.8, 4) is 0 Å². The number of hydrogen-bond donors (Lipinski definition) is 0. The second-order valence-electron chi connectivity index (χ2n) is 9.96. The molecule has 0 unspecified atom stereocenters. The van der Waals surface area contributed by atoms with E-state index in [0.29, 0.717) is 70.3 Å². The molecule has 198 valence electrons. The maximum Gasteiger partial charge on any atom is 0.275 e. The van der Waals surface area contributed by atoms with Crippen molar-refractivity contribution in [2.75, 3.05) is 68.8 Å². The third-order valence-corrected chi connectivity index (χ3v) is 7.73. The molecule has 0 bridgehead atoms. The largest absolute Gasteiger partial charge is 0.368 e. The number of hydrogen-bond acceptors (Lipinski definition) is 7. The van der Waals surface area contributed by atoms with E-state index in [1.165, 1.54) is 6.07 Å². The van der Waals surface area contributed by atoms with E-state index in [1.54, 1.807) is 21.9 Å². The average Bonchev–Trinajstić information content (AvgIpc) is 3.52. The molecule has 1 aromatic heterocycles. The lowest BCUT2D eigenvalue weighted by Crippen LogP contribution is -2.53. The van der Waals surface area contributed by atoms with Gasteiger partial charge in [-0.15, -0.1) is 10.2 Å². The van der Waals surface area contributed by atoms with Crippen molar-refractivity contribution in [1.29, 1.82) is 0 Å². The molecule has 2 amide bonds. The van der Waals surface area contributed by atoms with Gasteiger partial charge in [-0.3, -0.25) is 9.59 Å². The first-order valence-corrected chi connectivity index (χ1v) is 13.3. The molecule has 6 rings (SSSR count). The molecule has 9 nitrogen and oxygen atoms in total. The molecule has 0 N–H and O–H groups in total. The van der Waals surface area contributed by atoms with E-state index in [0.717, 1.165) is 29.4 Å². The Morgan fingerprint density at radius 1 is 0.789 bits per heavy atom. The minimum absolute atomic E-state index is 0.0271. The Morgan fingerprint density at radius 2 is 1.45 bits per heavy atom. The zero-order valence-corrected chi connectivity index (χ0v) is 21.3. The Kier molecular flexibility index (Phi) is 6.80. The highest BCUT2D eigenvalue weighted by molar-refractivity contribution is 6.07. The van der Waals surface area contributed by atoms with E-state index >= 15 is 0 Å². The highest BCUT2D eigenvalue weighted by Gasteiger charge is 2.32. The molecule has 3 aliphatic rings. The van der Waals surface area contributed by atoms with Crippen LogP contribution >= 0.6 is 0 Å². The molecular weight excluding hydrogens is 487 g/mol. The normalized spacial score (nSPS) is 20.3. The number of para-hydroxylation sites is 1. The first kappa shape index (κ1) is 24.5. The predicted molar refractivity (Wildman–Crippen MR) is 142 cm³/mol. The fourth-order valence-corrected chi connectivity index (χ4v) is 5.60. The Balaban J connectivity index is 1.16. The standard InChI is InChI=1S/C28H31FN6O3/c29-22-8-3-4-9-23(22)32-11-13-33(14-12-32)26-21-7-2-1-6-20(21)25(30-31-26)28(37)35-17-15-34(16-18-35)27(36)24-10-5-19-38-24/h1-4,6-9,24H,5,10-19H2/t24-/m0/s1. The third-order valence-electron chi connectivity index (χ3n) is 7.73. The summed E-state index contributed by atoms with van der Waals surface area (Å²) in [5.74, 6) is 0.372. The van der Waals surface area contributed by atoms with Crippen LogP contribution in [-0.4, -0.2) is 96.9 Å². The molecule has 3 fully saturated rings. The number of rotatable bonds is 4. The van der Waals surface area contributed by atoms with Gasteiger partial charge in [0, 0.05) is 69.7 Å². The van der Waals surface area contributed by atoms with E-state index in [-0.39, 0.29) is 23.7 Å². The van der Waals surface area contributed by atoms with Crippen LogP contribution in [0.15, 0.2) is 48.5 Å². The summed E-state index contributed by atoms with van der Waals surface area (Å²) in [6.07, 6.45) is 1.34. The second kappa shape index (κ2) is 10.5. The molecule has 0 saturated carbocycles. The molecule has 0 spiro atoms. The van der Waals surface area contributed by atoms with Gasteiger partial charge in [0.1, 0.15) is 11.9 Å². The fourth-order valence-electron chi connectivity index (χ4n) is 5.60. The second-order valence-corrected chi connectivity index (χ2v) is 9.96. The number of anilines is 2. The van der Waals surface area contributed by atoms with Crippen molar-refractivity contribution < 1.29 is 18.7 Å². The van der Waals surface area contributed by atoms with Gasteiger partial charge >= 0.3 is 0 Å². The van der Waals surface area contributed by atoms with Crippen LogP contribution in [0.5, 0.6) is 0 Å². The average molecular weight is 519 g/mol. The van der Waals surface area contributed by atoms with Gasteiger partial charge in [-0.25, -0.2) is 4.39 Å². The maximum absolute atomic E-state index is 14.3. The van der Waals surface area contributed by atoms with Crippen molar-refractivity contribution in [2.24, 2.45) is 0 Å². The summed E-state index contributed by atoms with van der Waals surface area (Å²) in [5.41, 5.74) is 0.940. The van der Waals surface area contributed by atoms with Crippen molar-refractivity contribution in [2.45, 2.75) is 18.9 Å². The van der Waals surface area contributed by atoms with Crippen LogP contribution in [0.3, 0.4) is 0 Å². The number of ether oxygens (including phenoxy) is 1. The number of piperazine rings is 2. The van der Waals surface area contributed by atoms with Crippen LogP contribution in [-0.2, 0) is 9.53 Å². The van der Waals surface area contributed by atoms with E-state index in [4.69, 9.17) is 4.74 Å². The summed E-state index contributed by atoms with van der Waals surface area (Å²) in [4.78, 5) is 33.9. The monoisotopic (exact) mass is 518 g/mol. The predicted octanol–water partition coefficient (Wildman–Crippen LogP) is 2.56. The van der Waals surface area contributed by atoms with Gasteiger partial charge in [-0.05, 0) is 25.0 Å². The number of aromatic nitrogens is 2. The first-order valence-electron chi connectivity index (χ1n) is 13.3. The molecule has 4 heterocycles. The van der Waals surface area contributed by atoms with E-state index in [9.17, 15) is 14.0 Å². The number of amides is 2. The van der Waals surface area contributed by atoms with Crippen LogP contribution in [0.1, 0.15) is 23.3 Å². The molecular formula is C28H31FN6O3. The molecule has 2 aromatic carbocycles. The summed E-state index contributed by atoms with van der Waals surface area (Å²) in [5, 5.41) is 10.6. The number of halogens is 1. The fraction of sp³-hybridized carbons (Fsp3) is 0.429. The van der Waals surface area contributed by atoms with Gasteiger partial charge in [-0.2, -0.15) is 0 Å². The van der Waals surface area contributed by atoms with Crippen LogP contribution < -0.4 is 9.80 Å². The van der Waals surface area contributed by atoms with Crippen LogP contribution in [0, 0.1) is 5.82 Å². The summed E-state index contributed by atoms with van der Waals surface area (Å²) < 4.78 is 19.8. The van der Waals surface area contributed by atoms with E-state index in [2.05, 4.69) is 15.1 Å². The smallest absolute Gasteiger partial charge is 0.275 e. The zero-order chi connectivity index (χ0) is 26.1. The minimum atomic E-state index is -0.340. The SMILES string of the molecule is O=C(c1nnc(N2CCN(c3ccccc3F)CC2)c2ccccc12)N1CCN(C(=O)[C@@H]2CCCO2)CC1. The number of fused-ring (bicyclic) bond motifs is 1. The lowest BCUT2D eigenvalue weighted by atomic mass is 10.1. The van der Waals surface area contributed by atoms with Gasteiger partial charge in [0.2, 0.25) is 0 Å². The van der Waals surface area contributed by atoms with Crippen LogP contribution in [0.25, 0.3) is 10.8 Å². The summed E-state index contributed by atoms with van der Waals surface area (Å²) >= 11 is 0. The van der Waals surface area contributed by atoms with Crippen molar-refractivity contribution in [3.05, 3.63) is 60.0 Å². The maximum atomic E-state index is 14.3. The van der Waals surface area contributed by atoms with Gasteiger partial charge in [0.25, 0.3) is 11.8 Å². The molecule has 10 heteroatoms. The van der Waals surface area contributed by atoms with Crippen molar-refractivity contribution in [3.63, 3.8) is 0 Å². The summed E-state index contributed by atoms with van der Waals surface area (Å²) in [6, 6.07) is 14.6. The Hall–Kier alpha value is -3.79. The van der Waals surface area contributed by atoms with Crippen LogP contribution in [0.4, 0.5) is 15.9 Å². The van der Waals surface area contributed by atoms with Crippen molar-refractivity contribution in [1.82, 2.24) is 20.0 Å². The van der Waals surface area contributed by atoms with Gasteiger partial charge in [0.15, 0.2) is 11.5 Å². The lowest BCUT2D eigenvalue weighted by molar-refractivity contribution is -0.142. The van der Waals surface area contributed by atoms with Crippen molar-refractivity contribution >= 4 is 34.1 Å². The first-order chi connectivity index (χ1) is 18.6. The number of nitrogens with zero attached hydrogens (tertiary/aromatic N) is 6. The van der Waals surface area contributed by atoms with Gasteiger partial charge in [0.05, 0.1) is 5.69 Å². The topological polar surface area (TPSA) is 82.1 Å². The third kappa shape index (κ3) is 4.64. The van der Waals surface area contributed by atoms with E-state index < -0.39 is 0 Å². The molecule has 1 atom stereocenters. The Bertz CT molecular complexity index is 1330. The molecule has 0 radical (unpaired) electrons. The van der Waals surface area contributed by atoms with E-state index in [1.807, 2.05) is 35.2 Å². The van der Waals surface area contributed by atoms with Gasteiger partial charge < -0.3 is 24.3 Å². The number of benzene rings is 2. The van der Waals surface area contributed by atoms with Crippen LogP contribution in [0.2, 0.25) is 0 Å². The van der Waals surface area contributed by atoms with Gasteiger partial charge in [-0.1, -0.05) is 36.4 Å². The Labute approximate surface area is 220 Å². The summed E-state index contributed by atoms with van der Waals surface area (Å²) in [6.45, 7) is 5.17. The molecule has 0 aliphatic carbocycles.